The molecule has 5 heteroatoms. The van der Waals surface area contributed by atoms with E-state index < -0.39 is 10.0 Å². The van der Waals surface area contributed by atoms with Gasteiger partial charge < -0.3 is 5.73 Å². The van der Waals surface area contributed by atoms with Crippen LogP contribution in [0.4, 0.5) is 5.69 Å². The van der Waals surface area contributed by atoms with Crippen molar-refractivity contribution >= 4 is 15.7 Å². The number of anilines is 1. The molecule has 0 bridgehead atoms. The second-order valence-corrected chi connectivity index (χ2v) is 6.10. The number of nitrogens with two attached hydrogens (primary N) is 1. The van der Waals surface area contributed by atoms with E-state index in [0.29, 0.717) is 0 Å². The molecule has 0 aliphatic heterocycles. The van der Waals surface area contributed by atoms with Crippen molar-refractivity contribution in [3.63, 3.8) is 0 Å². The van der Waals surface area contributed by atoms with Crippen LogP contribution in [-0.4, -0.2) is 14.5 Å². The van der Waals surface area contributed by atoms with Gasteiger partial charge in [-0.2, -0.15) is 0 Å². The summed E-state index contributed by atoms with van der Waals surface area (Å²) in [5.41, 5.74) is 5.96. The Kier molecular flexibility index (Phi) is 4.54. The molecule has 17 heavy (non-hydrogen) atoms. The Balaban J connectivity index is 3.01. The van der Waals surface area contributed by atoms with Gasteiger partial charge in [-0.15, -0.1) is 0 Å². The lowest BCUT2D eigenvalue weighted by atomic mass is 10.0. The van der Waals surface area contributed by atoms with Gasteiger partial charge in [0.2, 0.25) is 10.0 Å². The van der Waals surface area contributed by atoms with Crippen LogP contribution in [0.5, 0.6) is 0 Å². The predicted molar refractivity (Wildman–Crippen MR) is 70.1 cm³/mol. The van der Waals surface area contributed by atoms with Crippen molar-refractivity contribution in [3.05, 3.63) is 24.3 Å². The van der Waals surface area contributed by atoms with E-state index in [-0.39, 0.29) is 22.5 Å². The van der Waals surface area contributed by atoms with Gasteiger partial charge in [0.15, 0.2) is 0 Å². The molecule has 0 amide bonds. The lowest BCUT2D eigenvalue weighted by molar-refractivity contribution is 0.437. The fraction of sp³-hybridized carbons (Fsp3) is 0.500. The van der Waals surface area contributed by atoms with Gasteiger partial charge in [-0.3, -0.25) is 0 Å². The van der Waals surface area contributed by atoms with Crippen molar-refractivity contribution in [1.29, 1.82) is 0 Å². The van der Waals surface area contributed by atoms with E-state index in [1.807, 2.05) is 20.8 Å². The summed E-state index contributed by atoms with van der Waals surface area (Å²) in [6.45, 7) is 5.94. The summed E-state index contributed by atoms with van der Waals surface area (Å²) < 4.78 is 27.0. The molecule has 0 heterocycles. The maximum Gasteiger partial charge on any atom is 0.242 e. The molecule has 1 unspecified atom stereocenters. The van der Waals surface area contributed by atoms with Gasteiger partial charge in [0.1, 0.15) is 4.90 Å². The lowest BCUT2D eigenvalue weighted by Crippen LogP contribution is -2.38. The van der Waals surface area contributed by atoms with E-state index in [1.54, 1.807) is 18.2 Å². The van der Waals surface area contributed by atoms with Gasteiger partial charge in [-0.1, -0.05) is 32.9 Å². The first kappa shape index (κ1) is 14.0. The van der Waals surface area contributed by atoms with Crippen LogP contribution in [-0.2, 0) is 10.0 Å². The van der Waals surface area contributed by atoms with E-state index in [1.165, 1.54) is 6.07 Å². The summed E-state index contributed by atoms with van der Waals surface area (Å²) in [6, 6.07) is 6.42. The molecule has 0 spiro atoms. The zero-order valence-corrected chi connectivity index (χ0v) is 11.3. The third-order valence-corrected chi connectivity index (χ3v) is 4.32. The van der Waals surface area contributed by atoms with Crippen LogP contribution in [0.3, 0.4) is 0 Å². The van der Waals surface area contributed by atoms with Crippen LogP contribution in [0, 0.1) is 5.92 Å². The largest absolute Gasteiger partial charge is 0.398 e. The maximum atomic E-state index is 12.1. The number of benzene rings is 1. The zero-order chi connectivity index (χ0) is 13.1. The van der Waals surface area contributed by atoms with Crippen LogP contribution >= 0.6 is 0 Å². The first-order valence-electron chi connectivity index (χ1n) is 5.75. The quantitative estimate of drug-likeness (QED) is 0.791. The molecule has 0 aliphatic rings. The average molecular weight is 256 g/mol. The summed E-state index contributed by atoms with van der Waals surface area (Å²) in [4.78, 5) is 0.152. The summed E-state index contributed by atoms with van der Waals surface area (Å²) >= 11 is 0. The van der Waals surface area contributed by atoms with E-state index >= 15 is 0 Å². The number of hydrogen-bond donors (Lipinski definition) is 2. The Labute approximate surface area is 103 Å². The Hall–Kier alpha value is -1.07. The van der Waals surface area contributed by atoms with E-state index in [0.717, 1.165) is 6.42 Å². The first-order valence-corrected chi connectivity index (χ1v) is 7.23. The second kappa shape index (κ2) is 5.51. The number of hydrogen-bond acceptors (Lipinski definition) is 3. The topological polar surface area (TPSA) is 72.2 Å². The highest BCUT2D eigenvalue weighted by Crippen LogP contribution is 2.19. The summed E-state index contributed by atoms with van der Waals surface area (Å²) in [5, 5.41) is 0. The summed E-state index contributed by atoms with van der Waals surface area (Å²) in [7, 11) is -3.52. The van der Waals surface area contributed by atoms with Gasteiger partial charge >= 0.3 is 0 Å². The van der Waals surface area contributed by atoms with Gasteiger partial charge in [-0.05, 0) is 24.5 Å². The molecule has 0 radical (unpaired) electrons. The van der Waals surface area contributed by atoms with E-state index in [9.17, 15) is 8.42 Å². The summed E-state index contributed by atoms with van der Waals surface area (Å²) in [5.74, 6) is 0.250. The number of para-hydroxylation sites is 1. The zero-order valence-electron chi connectivity index (χ0n) is 10.5. The lowest BCUT2D eigenvalue weighted by Gasteiger charge is -2.21. The van der Waals surface area contributed by atoms with E-state index in [4.69, 9.17) is 5.73 Å². The SMILES string of the molecule is CCC(NS(=O)(=O)c1ccccc1N)C(C)C. The highest BCUT2D eigenvalue weighted by atomic mass is 32.2. The second-order valence-electron chi connectivity index (χ2n) is 4.42. The molecule has 4 nitrogen and oxygen atoms in total. The highest BCUT2D eigenvalue weighted by Gasteiger charge is 2.22. The molecule has 1 aromatic rings. The smallest absolute Gasteiger partial charge is 0.242 e. The van der Waals surface area contributed by atoms with Crippen molar-refractivity contribution in [2.24, 2.45) is 5.92 Å². The average Bonchev–Trinajstić information content (AvgIpc) is 2.26. The van der Waals surface area contributed by atoms with Crippen LogP contribution in [0.25, 0.3) is 0 Å². The minimum atomic E-state index is -3.52. The normalized spacial score (nSPS) is 13.9. The fourth-order valence-electron chi connectivity index (χ4n) is 1.68. The Morgan fingerprint density at radius 1 is 1.29 bits per heavy atom. The van der Waals surface area contributed by atoms with Gasteiger partial charge in [0.25, 0.3) is 0 Å². The fourth-order valence-corrected chi connectivity index (χ4v) is 3.28. The minimum Gasteiger partial charge on any atom is -0.398 e. The monoisotopic (exact) mass is 256 g/mol. The molecule has 3 N–H and O–H groups in total. The van der Waals surface area contributed by atoms with Gasteiger partial charge in [0.05, 0.1) is 5.69 Å². The van der Waals surface area contributed by atoms with Crippen molar-refractivity contribution in [2.75, 3.05) is 5.73 Å². The number of nitrogen functional groups attached to an aromatic ring is 1. The maximum absolute atomic E-state index is 12.1. The molecule has 0 saturated carbocycles. The molecule has 1 aromatic carbocycles. The molecule has 1 rings (SSSR count). The van der Waals surface area contributed by atoms with E-state index in [2.05, 4.69) is 4.72 Å². The van der Waals surface area contributed by atoms with Crippen LogP contribution < -0.4 is 10.5 Å². The van der Waals surface area contributed by atoms with Crippen LogP contribution in [0.1, 0.15) is 27.2 Å². The number of rotatable bonds is 5. The number of nitrogens with one attached hydrogen (secondary N) is 1. The predicted octanol–water partition coefficient (Wildman–Crippen LogP) is 1.98. The Bertz CT molecular complexity index is 469. The molecule has 0 aliphatic carbocycles. The molecular weight excluding hydrogens is 236 g/mol. The van der Waals surface area contributed by atoms with Crippen molar-refractivity contribution < 1.29 is 8.42 Å². The van der Waals surface area contributed by atoms with Crippen LogP contribution in [0.2, 0.25) is 0 Å². The Morgan fingerprint density at radius 3 is 2.35 bits per heavy atom. The number of sulfonamides is 1. The van der Waals surface area contributed by atoms with Crippen molar-refractivity contribution in [2.45, 2.75) is 38.1 Å². The standard InChI is InChI=1S/C12H20N2O2S/c1-4-11(9(2)3)14-17(15,16)12-8-6-5-7-10(12)13/h5-9,11,14H,4,13H2,1-3H3. The third-order valence-electron chi connectivity index (χ3n) is 2.76. The first-order chi connectivity index (χ1) is 7.88. The molecule has 0 saturated heterocycles. The summed E-state index contributed by atoms with van der Waals surface area (Å²) in [6.07, 6.45) is 0.754. The van der Waals surface area contributed by atoms with Crippen LogP contribution in [0.15, 0.2) is 29.2 Å². The molecule has 0 fully saturated rings. The van der Waals surface area contributed by atoms with Crippen molar-refractivity contribution in [1.82, 2.24) is 4.72 Å². The molecular formula is C12H20N2O2S. The van der Waals surface area contributed by atoms with Gasteiger partial charge in [0, 0.05) is 6.04 Å². The van der Waals surface area contributed by atoms with Crippen molar-refractivity contribution in [3.8, 4) is 0 Å². The molecule has 1 atom stereocenters. The molecule has 96 valence electrons. The minimum absolute atomic E-state index is 0.0698. The molecule has 0 aromatic heterocycles. The van der Waals surface area contributed by atoms with Gasteiger partial charge in [-0.25, -0.2) is 13.1 Å². The Morgan fingerprint density at radius 2 is 1.88 bits per heavy atom. The highest BCUT2D eigenvalue weighted by molar-refractivity contribution is 7.89. The third kappa shape index (κ3) is 3.44.